The maximum atomic E-state index is 10.3. The first kappa shape index (κ1) is 14.1. The number of pyridine rings is 1. The van der Waals surface area contributed by atoms with E-state index in [1.165, 1.54) is 5.56 Å². The van der Waals surface area contributed by atoms with Gasteiger partial charge in [0.25, 0.3) is 0 Å². The van der Waals surface area contributed by atoms with Crippen LogP contribution in [0, 0.1) is 12.8 Å². The Morgan fingerprint density at radius 1 is 1.53 bits per heavy atom. The van der Waals surface area contributed by atoms with Crippen LogP contribution in [0.3, 0.4) is 0 Å². The molecule has 2 atom stereocenters. The minimum Gasteiger partial charge on any atom is -0.389 e. The monoisotopic (exact) mass is 236 g/mol. The molecule has 0 bridgehead atoms. The van der Waals surface area contributed by atoms with E-state index in [0.717, 1.165) is 18.7 Å². The first-order valence-electron chi connectivity index (χ1n) is 6.31. The van der Waals surface area contributed by atoms with Crippen LogP contribution in [0.4, 0.5) is 0 Å². The predicted octanol–water partition coefficient (Wildman–Crippen LogP) is 2.28. The fourth-order valence-corrected chi connectivity index (χ4v) is 1.77. The van der Waals surface area contributed by atoms with E-state index < -0.39 is 5.60 Å². The Morgan fingerprint density at radius 3 is 2.82 bits per heavy atom. The molecule has 0 amide bonds. The summed E-state index contributed by atoms with van der Waals surface area (Å²) in [7, 11) is 0. The van der Waals surface area contributed by atoms with Crippen LogP contribution in [0.2, 0.25) is 0 Å². The standard InChI is InChI=1S/C14H24N2O/c1-5-11(2)14(4,17)10-15-9-13-7-6-8-16-12(13)3/h6-8,11,15,17H,5,9-10H2,1-4H3. The molecule has 0 saturated heterocycles. The van der Waals surface area contributed by atoms with E-state index in [9.17, 15) is 5.11 Å². The zero-order chi connectivity index (χ0) is 12.9. The molecule has 0 radical (unpaired) electrons. The predicted molar refractivity (Wildman–Crippen MR) is 70.8 cm³/mol. The molecule has 1 aromatic rings. The number of nitrogens with one attached hydrogen (secondary N) is 1. The van der Waals surface area contributed by atoms with Gasteiger partial charge < -0.3 is 10.4 Å². The molecule has 0 fully saturated rings. The number of hydrogen-bond acceptors (Lipinski definition) is 3. The van der Waals surface area contributed by atoms with Crippen LogP contribution in [0.1, 0.15) is 38.4 Å². The number of aryl methyl sites for hydroxylation is 1. The van der Waals surface area contributed by atoms with E-state index in [0.29, 0.717) is 12.5 Å². The number of hydrogen-bond donors (Lipinski definition) is 2. The third kappa shape index (κ3) is 4.10. The van der Waals surface area contributed by atoms with Crippen molar-refractivity contribution in [2.45, 2.75) is 46.3 Å². The van der Waals surface area contributed by atoms with Gasteiger partial charge in [-0.2, -0.15) is 0 Å². The maximum Gasteiger partial charge on any atom is 0.0768 e. The summed E-state index contributed by atoms with van der Waals surface area (Å²) in [5.74, 6) is 0.296. The lowest BCUT2D eigenvalue weighted by molar-refractivity contribution is 0.00533. The molecular formula is C14H24N2O. The normalized spacial score (nSPS) is 16.5. The van der Waals surface area contributed by atoms with Gasteiger partial charge in [-0.05, 0) is 31.4 Å². The van der Waals surface area contributed by atoms with Crippen LogP contribution >= 0.6 is 0 Å². The van der Waals surface area contributed by atoms with Crippen molar-refractivity contribution in [2.75, 3.05) is 6.54 Å². The van der Waals surface area contributed by atoms with Crippen LogP contribution in [0.5, 0.6) is 0 Å². The molecule has 1 rings (SSSR count). The molecule has 2 unspecified atom stereocenters. The maximum absolute atomic E-state index is 10.3. The third-order valence-electron chi connectivity index (χ3n) is 3.59. The molecule has 1 aromatic heterocycles. The Hall–Kier alpha value is -0.930. The molecule has 1 heterocycles. The molecule has 0 aromatic carbocycles. The van der Waals surface area contributed by atoms with Gasteiger partial charge in [-0.3, -0.25) is 4.98 Å². The lowest BCUT2D eigenvalue weighted by atomic mass is 9.88. The number of nitrogens with zero attached hydrogens (tertiary/aromatic N) is 1. The van der Waals surface area contributed by atoms with Crippen LogP contribution in [-0.4, -0.2) is 22.2 Å². The van der Waals surface area contributed by atoms with Crippen molar-refractivity contribution in [1.29, 1.82) is 0 Å². The molecule has 0 spiro atoms. The second-order valence-electron chi connectivity index (χ2n) is 5.02. The van der Waals surface area contributed by atoms with Crippen LogP contribution < -0.4 is 5.32 Å². The van der Waals surface area contributed by atoms with E-state index in [4.69, 9.17) is 0 Å². The van der Waals surface area contributed by atoms with E-state index in [-0.39, 0.29) is 0 Å². The van der Waals surface area contributed by atoms with Gasteiger partial charge in [-0.1, -0.05) is 26.3 Å². The molecule has 2 N–H and O–H groups in total. The first-order valence-corrected chi connectivity index (χ1v) is 6.31. The van der Waals surface area contributed by atoms with Crippen molar-refractivity contribution in [3.05, 3.63) is 29.6 Å². The van der Waals surface area contributed by atoms with Crippen LogP contribution in [0.15, 0.2) is 18.3 Å². The smallest absolute Gasteiger partial charge is 0.0768 e. The van der Waals surface area contributed by atoms with Gasteiger partial charge in [0.2, 0.25) is 0 Å². The molecule has 96 valence electrons. The van der Waals surface area contributed by atoms with E-state index in [1.807, 2.05) is 19.9 Å². The number of rotatable bonds is 6. The Balaban J connectivity index is 2.45. The fraction of sp³-hybridized carbons (Fsp3) is 0.643. The molecule has 0 saturated carbocycles. The van der Waals surface area contributed by atoms with Gasteiger partial charge in [0.1, 0.15) is 0 Å². The van der Waals surface area contributed by atoms with Gasteiger partial charge in [0.15, 0.2) is 0 Å². The van der Waals surface area contributed by atoms with Crippen molar-refractivity contribution < 1.29 is 5.11 Å². The highest BCUT2D eigenvalue weighted by Crippen LogP contribution is 2.19. The summed E-state index contributed by atoms with van der Waals surface area (Å²) in [6.07, 6.45) is 2.79. The molecule has 17 heavy (non-hydrogen) atoms. The van der Waals surface area contributed by atoms with Crippen molar-refractivity contribution in [3.8, 4) is 0 Å². The van der Waals surface area contributed by atoms with E-state index >= 15 is 0 Å². The van der Waals surface area contributed by atoms with Gasteiger partial charge >= 0.3 is 0 Å². The van der Waals surface area contributed by atoms with Gasteiger partial charge in [-0.15, -0.1) is 0 Å². The Labute approximate surface area is 104 Å². The summed E-state index contributed by atoms with van der Waals surface area (Å²) in [4.78, 5) is 4.24. The molecule has 0 aliphatic rings. The zero-order valence-electron chi connectivity index (χ0n) is 11.3. The fourth-order valence-electron chi connectivity index (χ4n) is 1.77. The highest BCUT2D eigenvalue weighted by atomic mass is 16.3. The summed E-state index contributed by atoms with van der Waals surface area (Å²) in [5.41, 5.74) is 1.58. The Kier molecular flexibility index (Phi) is 5.09. The molecule has 3 heteroatoms. The number of aliphatic hydroxyl groups is 1. The largest absolute Gasteiger partial charge is 0.389 e. The average molecular weight is 236 g/mol. The SMILES string of the molecule is CCC(C)C(C)(O)CNCc1cccnc1C. The zero-order valence-corrected chi connectivity index (χ0v) is 11.3. The second kappa shape index (κ2) is 6.12. The summed E-state index contributed by atoms with van der Waals surface area (Å²) in [6, 6.07) is 4.00. The van der Waals surface area contributed by atoms with Gasteiger partial charge in [-0.25, -0.2) is 0 Å². The lowest BCUT2D eigenvalue weighted by Gasteiger charge is -2.30. The Bertz CT molecular complexity index is 350. The summed E-state index contributed by atoms with van der Waals surface area (Å²) < 4.78 is 0. The van der Waals surface area contributed by atoms with Crippen molar-refractivity contribution in [3.63, 3.8) is 0 Å². The van der Waals surface area contributed by atoms with E-state index in [1.54, 1.807) is 6.20 Å². The summed E-state index contributed by atoms with van der Waals surface area (Å²) in [6.45, 7) is 9.44. The minimum atomic E-state index is -0.648. The minimum absolute atomic E-state index is 0.296. The van der Waals surface area contributed by atoms with Gasteiger partial charge in [0.05, 0.1) is 5.60 Å². The van der Waals surface area contributed by atoms with Crippen molar-refractivity contribution >= 4 is 0 Å². The molecule has 0 aliphatic heterocycles. The van der Waals surface area contributed by atoms with Gasteiger partial charge in [0, 0.05) is 25.0 Å². The van der Waals surface area contributed by atoms with Crippen LogP contribution in [-0.2, 0) is 6.54 Å². The van der Waals surface area contributed by atoms with Crippen molar-refractivity contribution in [2.24, 2.45) is 5.92 Å². The lowest BCUT2D eigenvalue weighted by Crippen LogP contribution is -2.42. The average Bonchev–Trinajstić information content (AvgIpc) is 2.30. The highest BCUT2D eigenvalue weighted by molar-refractivity contribution is 5.17. The topological polar surface area (TPSA) is 45.1 Å². The molecule has 3 nitrogen and oxygen atoms in total. The molecule has 0 aliphatic carbocycles. The Morgan fingerprint density at radius 2 is 2.24 bits per heavy atom. The highest BCUT2D eigenvalue weighted by Gasteiger charge is 2.26. The second-order valence-corrected chi connectivity index (χ2v) is 5.02. The van der Waals surface area contributed by atoms with Crippen molar-refractivity contribution in [1.82, 2.24) is 10.3 Å². The van der Waals surface area contributed by atoms with E-state index in [2.05, 4.69) is 30.2 Å². The first-order chi connectivity index (χ1) is 7.97. The quantitative estimate of drug-likeness (QED) is 0.796. The number of aromatic nitrogens is 1. The summed E-state index contributed by atoms with van der Waals surface area (Å²) >= 11 is 0. The molecular weight excluding hydrogens is 212 g/mol. The summed E-state index contributed by atoms with van der Waals surface area (Å²) in [5, 5.41) is 13.6. The third-order valence-corrected chi connectivity index (χ3v) is 3.59. The van der Waals surface area contributed by atoms with Crippen LogP contribution in [0.25, 0.3) is 0 Å².